The summed E-state index contributed by atoms with van der Waals surface area (Å²) in [6.45, 7) is 2.31. The Kier molecular flexibility index (Phi) is 4.84. The van der Waals surface area contributed by atoms with Crippen LogP contribution in [0, 0.1) is 11.3 Å². The van der Waals surface area contributed by atoms with E-state index in [0.717, 1.165) is 5.69 Å². The molecule has 28 heavy (non-hydrogen) atoms. The fourth-order valence-electron chi connectivity index (χ4n) is 2.93. The standard InChI is InChI=1S/C19H17N7O2/c20-12-14-3-5-15(6-4-14)22-17-13-21-24-19(23-17)26-9-7-25(8-10-26)18(27)16-2-1-11-28-16/h1-6,11,13H,7-10H2,(H,22,23,24). The van der Waals surface area contributed by atoms with Crippen LogP contribution in [0.15, 0.2) is 53.3 Å². The second kappa shape index (κ2) is 7.75. The Morgan fingerprint density at radius 2 is 1.93 bits per heavy atom. The summed E-state index contributed by atoms with van der Waals surface area (Å²) < 4.78 is 5.18. The van der Waals surface area contributed by atoms with Crippen LogP contribution in [0.1, 0.15) is 16.1 Å². The predicted octanol–water partition coefficient (Wildman–Crippen LogP) is 2.04. The van der Waals surface area contributed by atoms with Crippen molar-refractivity contribution in [2.24, 2.45) is 0 Å². The maximum atomic E-state index is 12.3. The molecule has 1 N–H and O–H groups in total. The molecule has 0 spiro atoms. The van der Waals surface area contributed by atoms with Gasteiger partial charge in [-0.3, -0.25) is 4.79 Å². The molecule has 0 bridgehead atoms. The summed E-state index contributed by atoms with van der Waals surface area (Å²) in [5.41, 5.74) is 1.40. The van der Waals surface area contributed by atoms with E-state index in [-0.39, 0.29) is 5.91 Å². The summed E-state index contributed by atoms with van der Waals surface area (Å²) in [6.07, 6.45) is 3.04. The summed E-state index contributed by atoms with van der Waals surface area (Å²) >= 11 is 0. The van der Waals surface area contributed by atoms with Crippen LogP contribution in [0.3, 0.4) is 0 Å². The summed E-state index contributed by atoms with van der Waals surface area (Å²) in [7, 11) is 0. The molecule has 1 amide bonds. The van der Waals surface area contributed by atoms with Gasteiger partial charge in [0.15, 0.2) is 11.6 Å². The van der Waals surface area contributed by atoms with E-state index in [9.17, 15) is 4.79 Å². The Morgan fingerprint density at radius 1 is 1.14 bits per heavy atom. The van der Waals surface area contributed by atoms with Crippen LogP contribution >= 0.6 is 0 Å². The molecule has 0 radical (unpaired) electrons. The van der Waals surface area contributed by atoms with Crippen molar-refractivity contribution in [3.63, 3.8) is 0 Å². The highest BCUT2D eigenvalue weighted by atomic mass is 16.3. The number of nitrogens with one attached hydrogen (secondary N) is 1. The smallest absolute Gasteiger partial charge is 0.289 e. The third-order valence-corrected chi connectivity index (χ3v) is 4.42. The number of nitriles is 1. The van der Waals surface area contributed by atoms with Crippen LogP contribution in [0.4, 0.5) is 17.5 Å². The lowest BCUT2D eigenvalue weighted by Gasteiger charge is -2.34. The molecule has 0 aliphatic carbocycles. The number of amides is 1. The van der Waals surface area contributed by atoms with Gasteiger partial charge in [0.1, 0.15) is 0 Å². The minimum Gasteiger partial charge on any atom is -0.459 e. The van der Waals surface area contributed by atoms with Crippen LogP contribution in [-0.2, 0) is 0 Å². The Hall–Kier alpha value is -3.93. The van der Waals surface area contributed by atoms with Crippen LogP contribution in [-0.4, -0.2) is 52.2 Å². The molecule has 1 aliphatic rings. The number of carbonyl (C=O) groups excluding carboxylic acids is 1. The number of hydrogen-bond acceptors (Lipinski definition) is 8. The highest BCUT2D eigenvalue weighted by Gasteiger charge is 2.25. The largest absolute Gasteiger partial charge is 0.459 e. The van der Waals surface area contributed by atoms with Crippen molar-refractivity contribution < 1.29 is 9.21 Å². The van der Waals surface area contributed by atoms with Crippen molar-refractivity contribution in [3.05, 3.63) is 60.2 Å². The molecular weight excluding hydrogens is 358 g/mol. The van der Waals surface area contributed by atoms with Crippen molar-refractivity contribution in [3.8, 4) is 6.07 Å². The maximum Gasteiger partial charge on any atom is 0.289 e. The number of benzene rings is 1. The van der Waals surface area contributed by atoms with E-state index in [4.69, 9.17) is 9.68 Å². The van der Waals surface area contributed by atoms with Crippen LogP contribution in [0.25, 0.3) is 0 Å². The monoisotopic (exact) mass is 375 g/mol. The van der Waals surface area contributed by atoms with Crippen molar-refractivity contribution in [2.45, 2.75) is 0 Å². The average molecular weight is 375 g/mol. The van der Waals surface area contributed by atoms with Crippen molar-refractivity contribution in [1.29, 1.82) is 5.26 Å². The van der Waals surface area contributed by atoms with E-state index >= 15 is 0 Å². The van der Waals surface area contributed by atoms with Gasteiger partial charge in [-0.05, 0) is 36.4 Å². The quantitative estimate of drug-likeness (QED) is 0.737. The molecule has 1 fully saturated rings. The van der Waals surface area contributed by atoms with E-state index in [1.165, 1.54) is 6.26 Å². The number of furan rings is 1. The van der Waals surface area contributed by atoms with Gasteiger partial charge in [0.2, 0.25) is 5.95 Å². The van der Waals surface area contributed by atoms with Gasteiger partial charge in [0, 0.05) is 31.9 Å². The Bertz CT molecular complexity index is 988. The maximum absolute atomic E-state index is 12.3. The topological polar surface area (TPSA) is 111 Å². The molecular formula is C19H17N7O2. The summed E-state index contributed by atoms with van der Waals surface area (Å²) in [6, 6.07) is 12.5. The predicted molar refractivity (Wildman–Crippen MR) is 101 cm³/mol. The number of anilines is 3. The van der Waals surface area contributed by atoms with Gasteiger partial charge in [-0.15, -0.1) is 5.10 Å². The van der Waals surface area contributed by atoms with Crippen molar-refractivity contribution >= 4 is 23.4 Å². The number of hydrogen-bond donors (Lipinski definition) is 1. The van der Waals surface area contributed by atoms with E-state index in [1.54, 1.807) is 47.5 Å². The molecule has 4 rings (SSSR count). The molecule has 0 atom stereocenters. The lowest BCUT2D eigenvalue weighted by atomic mass is 10.2. The lowest BCUT2D eigenvalue weighted by molar-refractivity contribution is 0.0714. The first kappa shape index (κ1) is 17.5. The first-order valence-electron chi connectivity index (χ1n) is 8.77. The second-order valence-electron chi connectivity index (χ2n) is 6.21. The van der Waals surface area contributed by atoms with Gasteiger partial charge in [-0.1, -0.05) is 0 Å². The van der Waals surface area contributed by atoms with E-state index in [1.807, 2.05) is 4.90 Å². The molecule has 140 valence electrons. The molecule has 0 unspecified atom stereocenters. The zero-order valence-electron chi connectivity index (χ0n) is 14.9. The Labute approximate surface area is 161 Å². The molecule has 2 aromatic heterocycles. The Balaban J connectivity index is 1.39. The highest BCUT2D eigenvalue weighted by Crippen LogP contribution is 2.18. The zero-order valence-corrected chi connectivity index (χ0v) is 14.9. The van der Waals surface area contributed by atoms with E-state index in [0.29, 0.717) is 49.3 Å². The number of nitrogens with zero attached hydrogens (tertiary/aromatic N) is 6. The fraction of sp³-hybridized carbons (Fsp3) is 0.211. The third-order valence-electron chi connectivity index (χ3n) is 4.42. The van der Waals surface area contributed by atoms with Gasteiger partial charge >= 0.3 is 0 Å². The van der Waals surface area contributed by atoms with Gasteiger partial charge < -0.3 is 19.5 Å². The minimum atomic E-state index is -0.111. The Morgan fingerprint density at radius 3 is 2.61 bits per heavy atom. The average Bonchev–Trinajstić information content (AvgIpc) is 3.29. The van der Waals surface area contributed by atoms with Gasteiger partial charge in [-0.25, -0.2) is 0 Å². The normalized spacial score (nSPS) is 13.8. The number of carbonyl (C=O) groups is 1. The first-order chi connectivity index (χ1) is 13.7. The molecule has 9 heteroatoms. The van der Waals surface area contributed by atoms with Crippen LogP contribution < -0.4 is 10.2 Å². The fourth-order valence-corrected chi connectivity index (χ4v) is 2.93. The molecule has 1 saturated heterocycles. The third kappa shape index (κ3) is 3.76. The number of aromatic nitrogens is 3. The van der Waals surface area contributed by atoms with Gasteiger partial charge in [-0.2, -0.15) is 15.3 Å². The summed E-state index contributed by atoms with van der Waals surface area (Å²) in [5, 5.41) is 20.2. The molecule has 1 aliphatic heterocycles. The second-order valence-corrected chi connectivity index (χ2v) is 6.21. The minimum absolute atomic E-state index is 0.111. The van der Waals surface area contributed by atoms with Crippen molar-refractivity contribution in [2.75, 3.05) is 36.4 Å². The molecule has 9 nitrogen and oxygen atoms in total. The zero-order chi connectivity index (χ0) is 19.3. The molecule has 1 aromatic carbocycles. The van der Waals surface area contributed by atoms with Gasteiger partial charge in [0.25, 0.3) is 5.91 Å². The molecule has 3 heterocycles. The SMILES string of the molecule is N#Cc1ccc(Nc2cnnc(N3CCN(C(=O)c4ccco4)CC3)n2)cc1. The molecule has 3 aromatic rings. The first-order valence-corrected chi connectivity index (χ1v) is 8.77. The molecule has 0 saturated carbocycles. The van der Waals surface area contributed by atoms with Gasteiger partial charge in [0.05, 0.1) is 24.1 Å². The number of piperazine rings is 1. The van der Waals surface area contributed by atoms with Crippen LogP contribution in [0.5, 0.6) is 0 Å². The van der Waals surface area contributed by atoms with Crippen molar-refractivity contribution in [1.82, 2.24) is 20.1 Å². The lowest BCUT2D eigenvalue weighted by Crippen LogP contribution is -2.49. The van der Waals surface area contributed by atoms with Crippen LogP contribution in [0.2, 0.25) is 0 Å². The number of rotatable bonds is 4. The summed E-state index contributed by atoms with van der Waals surface area (Å²) in [5.74, 6) is 1.30. The van der Waals surface area contributed by atoms with E-state index < -0.39 is 0 Å². The van der Waals surface area contributed by atoms with E-state index in [2.05, 4.69) is 26.6 Å². The summed E-state index contributed by atoms with van der Waals surface area (Å²) in [4.78, 5) is 20.6. The highest BCUT2D eigenvalue weighted by molar-refractivity contribution is 5.91.